The van der Waals surface area contributed by atoms with Crippen molar-refractivity contribution in [3.05, 3.63) is 33.7 Å². The van der Waals surface area contributed by atoms with Crippen molar-refractivity contribution in [2.75, 3.05) is 6.61 Å². The molecule has 0 aliphatic rings. The molecule has 0 bridgehead atoms. The number of rotatable bonds is 6. The van der Waals surface area contributed by atoms with Gasteiger partial charge in [-0.15, -0.1) is 0 Å². The van der Waals surface area contributed by atoms with Gasteiger partial charge in [-0.05, 0) is 25.3 Å². The second kappa shape index (κ2) is 6.89. The fourth-order valence-corrected chi connectivity index (χ4v) is 1.53. The quantitative estimate of drug-likeness (QED) is 0.772. The Morgan fingerprint density at radius 3 is 2.71 bits per heavy atom. The van der Waals surface area contributed by atoms with Gasteiger partial charge in [0.2, 0.25) is 5.56 Å². The van der Waals surface area contributed by atoms with Gasteiger partial charge in [0.1, 0.15) is 0 Å². The van der Waals surface area contributed by atoms with Crippen molar-refractivity contribution >= 4 is 5.97 Å². The van der Waals surface area contributed by atoms with Gasteiger partial charge in [-0.2, -0.15) is 0 Å². The van der Waals surface area contributed by atoms with Crippen LogP contribution in [0.2, 0.25) is 0 Å². The highest BCUT2D eigenvalue weighted by Gasteiger charge is 2.12. The number of nitrogens with one attached hydrogen (secondary N) is 1. The van der Waals surface area contributed by atoms with Crippen LogP contribution in [0, 0.1) is 0 Å². The fraction of sp³-hybridized carbons (Fsp3) is 0.538. The Kier molecular flexibility index (Phi) is 5.46. The Hall–Kier alpha value is -1.58. The molecule has 17 heavy (non-hydrogen) atoms. The molecule has 1 aromatic heterocycles. The minimum Gasteiger partial charge on any atom is -0.462 e. The van der Waals surface area contributed by atoms with E-state index in [2.05, 4.69) is 11.9 Å². The smallest absolute Gasteiger partial charge is 0.339 e. The number of carbonyl (C=O) groups excluding carboxylic acids is 1. The van der Waals surface area contributed by atoms with Gasteiger partial charge in [-0.3, -0.25) is 4.79 Å². The molecule has 0 amide bonds. The van der Waals surface area contributed by atoms with Crippen LogP contribution >= 0.6 is 0 Å². The number of aromatic amines is 1. The molecule has 0 aromatic carbocycles. The number of carbonyl (C=O) groups is 1. The van der Waals surface area contributed by atoms with Crippen molar-refractivity contribution in [2.45, 2.75) is 39.5 Å². The lowest BCUT2D eigenvalue weighted by Crippen LogP contribution is -2.16. The van der Waals surface area contributed by atoms with E-state index in [0.29, 0.717) is 24.3 Å². The molecule has 0 atom stereocenters. The summed E-state index contributed by atoms with van der Waals surface area (Å²) in [5.74, 6) is -0.353. The van der Waals surface area contributed by atoms with E-state index in [4.69, 9.17) is 4.74 Å². The molecule has 4 heteroatoms. The maximum Gasteiger partial charge on any atom is 0.339 e. The molecule has 0 aliphatic carbocycles. The lowest BCUT2D eigenvalue weighted by Gasteiger charge is -2.08. The third-order valence-corrected chi connectivity index (χ3v) is 2.44. The van der Waals surface area contributed by atoms with Crippen LogP contribution in [0.5, 0.6) is 0 Å². The Balaban J connectivity index is 2.88. The number of aryl methyl sites for hydroxylation is 1. The maximum atomic E-state index is 11.8. The van der Waals surface area contributed by atoms with Crippen LogP contribution in [0.1, 0.15) is 49.2 Å². The van der Waals surface area contributed by atoms with E-state index < -0.39 is 0 Å². The van der Waals surface area contributed by atoms with Gasteiger partial charge < -0.3 is 9.72 Å². The highest BCUT2D eigenvalue weighted by atomic mass is 16.5. The largest absolute Gasteiger partial charge is 0.462 e. The molecule has 0 saturated carbocycles. The Bertz CT molecular complexity index is 423. The molecule has 1 N–H and O–H groups in total. The molecule has 94 valence electrons. The van der Waals surface area contributed by atoms with Gasteiger partial charge in [0.05, 0.1) is 12.2 Å². The topological polar surface area (TPSA) is 59.2 Å². The third kappa shape index (κ3) is 4.06. The van der Waals surface area contributed by atoms with Crippen molar-refractivity contribution < 1.29 is 9.53 Å². The Morgan fingerprint density at radius 2 is 2.06 bits per heavy atom. The van der Waals surface area contributed by atoms with Gasteiger partial charge in [0, 0.05) is 11.8 Å². The van der Waals surface area contributed by atoms with Gasteiger partial charge >= 0.3 is 5.97 Å². The summed E-state index contributed by atoms with van der Waals surface area (Å²) in [6.45, 7) is 4.42. The van der Waals surface area contributed by atoms with Gasteiger partial charge in [0.15, 0.2) is 0 Å². The van der Waals surface area contributed by atoms with Crippen LogP contribution in [0.3, 0.4) is 0 Å². The summed E-state index contributed by atoms with van der Waals surface area (Å²) < 4.78 is 5.08. The van der Waals surface area contributed by atoms with E-state index in [-0.39, 0.29) is 11.5 Å². The second-order valence-electron chi connectivity index (χ2n) is 3.95. The predicted molar refractivity (Wildman–Crippen MR) is 66.2 cm³/mol. The van der Waals surface area contributed by atoms with E-state index in [1.165, 1.54) is 6.07 Å². The molecular weight excluding hydrogens is 218 g/mol. The molecule has 0 spiro atoms. The fourth-order valence-electron chi connectivity index (χ4n) is 1.53. The van der Waals surface area contributed by atoms with Crippen LogP contribution < -0.4 is 5.56 Å². The Morgan fingerprint density at radius 1 is 1.29 bits per heavy atom. The van der Waals surface area contributed by atoms with Gasteiger partial charge in [-0.25, -0.2) is 4.79 Å². The predicted octanol–water partition coefficient (Wildman–Crippen LogP) is 2.28. The minimum absolute atomic E-state index is 0.178. The summed E-state index contributed by atoms with van der Waals surface area (Å²) in [6, 6.07) is 2.90. The number of ether oxygens (including phenoxy) is 1. The first-order valence-corrected chi connectivity index (χ1v) is 6.08. The zero-order valence-corrected chi connectivity index (χ0v) is 10.4. The monoisotopic (exact) mass is 237 g/mol. The molecule has 1 aromatic rings. The standard InChI is InChI=1S/C13H19NO3/c1-3-5-6-11-10(7-8-12(15)14-11)13(16)17-9-4-2/h7-8H,3-6,9H2,1-2H3,(H,14,15). The number of pyridine rings is 1. The average Bonchev–Trinajstić information content (AvgIpc) is 2.33. The summed E-state index contributed by atoms with van der Waals surface area (Å²) in [7, 11) is 0. The normalized spacial score (nSPS) is 10.2. The SMILES string of the molecule is CCCCc1[nH]c(=O)ccc1C(=O)OCCC. The van der Waals surface area contributed by atoms with Crippen LogP contribution in [-0.2, 0) is 11.2 Å². The molecule has 1 heterocycles. The highest BCUT2D eigenvalue weighted by Crippen LogP contribution is 2.09. The molecule has 1 rings (SSSR count). The molecule has 0 aliphatic heterocycles. The van der Waals surface area contributed by atoms with Crippen molar-refractivity contribution in [3.63, 3.8) is 0 Å². The van der Waals surface area contributed by atoms with Gasteiger partial charge in [-0.1, -0.05) is 20.3 Å². The van der Waals surface area contributed by atoms with Crippen molar-refractivity contribution in [3.8, 4) is 0 Å². The summed E-state index contributed by atoms with van der Waals surface area (Å²) in [5, 5.41) is 0. The number of hydrogen-bond donors (Lipinski definition) is 1. The first kappa shape index (κ1) is 13.5. The number of esters is 1. The minimum atomic E-state index is -0.353. The highest BCUT2D eigenvalue weighted by molar-refractivity contribution is 5.90. The Labute approximate surface area is 101 Å². The lowest BCUT2D eigenvalue weighted by molar-refractivity contribution is 0.0503. The number of aromatic nitrogens is 1. The van der Waals surface area contributed by atoms with E-state index in [9.17, 15) is 9.59 Å². The molecule has 0 saturated heterocycles. The molecule has 0 unspecified atom stereocenters. The van der Waals surface area contributed by atoms with Crippen LogP contribution in [0.15, 0.2) is 16.9 Å². The van der Waals surface area contributed by atoms with Gasteiger partial charge in [0.25, 0.3) is 0 Å². The summed E-state index contributed by atoms with van der Waals surface area (Å²) in [6.07, 6.45) is 3.44. The first-order chi connectivity index (χ1) is 8.19. The maximum absolute atomic E-state index is 11.8. The summed E-state index contributed by atoms with van der Waals surface area (Å²) in [5.41, 5.74) is 0.982. The van der Waals surface area contributed by atoms with Crippen molar-refractivity contribution in [1.29, 1.82) is 0 Å². The average molecular weight is 237 g/mol. The second-order valence-corrected chi connectivity index (χ2v) is 3.95. The number of hydrogen-bond acceptors (Lipinski definition) is 3. The van der Waals surface area contributed by atoms with E-state index in [0.717, 1.165) is 19.3 Å². The van der Waals surface area contributed by atoms with Crippen molar-refractivity contribution in [1.82, 2.24) is 4.98 Å². The number of H-pyrrole nitrogens is 1. The molecule has 4 nitrogen and oxygen atoms in total. The molecular formula is C13H19NO3. The zero-order chi connectivity index (χ0) is 12.7. The lowest BCUT2D eigenvalue weighted by atomic mass is 10.1. The summed E-state index contributed by atoms with van der Waals surface area (Å²) >= 11 is 0. The third-order valence-electron chi connectivity index (χ3n) is 2.44. The van der Waals surface area contributed by atoms with E-state index >= 15 is 0 Å². The molecule has 0 fully saturated rings. The molecule has 0 radical (unpaired) electrons. The van der Waals surface area contributed by atoms with E-state index in [1.54, 1.807) is 6.07 Å². The van der Waals surface area contributed by atoms with Crippen LogP contribution in [0.25, 0.3) is 0 Å². The van der Waals surface area contributed by atoms with Crippen LogP contribution in [-0.4, -0.2) is 17.6 Å². The zero-order valence-electron chi connectivity index (χ0n) is 10.4. The first-order valence-electron chi connectivity index (χ1n) is 6.08. The van der Waals surface area contributed by atoms with Crippen LogP contribution in [0.4, 0.5) is 0 Å². The van der Waals surface area contributed by atoms with Crippen molar-refractivity contribution in [2.24, 2.45) is 0 Å². The number of unbranched alkanes of at least 4 members (excludes halogenated alkanes) is 1. The summed E-state index contributed by atoms with van der Waals surface area (Å²) in [4.78, 5) is 25.7. The van der Waals surface area contributed by atoms with E-state index in [1.807, 2.05) is 6.92 Å².